The molecule has 3 nitrogen and oxygen atoms in total. The Bertz CT molecular complexity index is 117. The maximum absolute atomic E-state index is 5.35. The first-order valence-corrected chi connectivity index (χ1v) is 4.34. The smallest absolute Gasteiger partial charge is 0.132 e. The van der Waals surface area contributed by atoms with Gasteiger partial charge >= 0.3 is 0 Å². The second-order valence-corrected chi connectivity index (χ2v) is 3.25. The van der Waals surface area contributed by atoms with Gasteiger partial charge in [0.1, 0.15) is 6.23 Å². The summed E-state index contributed by atoms with van der Waals surface area (Å²) in [5.74, 6) is 0. The SMILES string of the molecule is CNOC1CCCN1C(C)C. The van der Waals surface area contributed by atoms with E-state index in [9.17, 15) is 0 Å². The quantitative estimate of drug-likeness (QED) is 0.619. The average molecular weight is 158 g/mol. The normalized spacial score (nSPS) is 26.7. The lowest BCUT2D eigenvalue weighted by Gasteiger charge is -2.27. The van der Waals surface area contributed by atoms with Gasteiger partial charge in [-0.25, -0.2) is 5.48 Å². The Morgan fingerprint density at radius 1 is 1.55 bits per heavy atom. The van der Waals surface area contributed by atoms with Gasteiger partial charge in [0.05, 0.1) is 0 Å². The maximum Gasteiger partial charge on any atom is 0.132 e. The van der Waals surface area contributed by atoms with Gasteiger partial charge in [-0.3, -0.25) is 9.74 Å². The molecule has 0 spiro atoms. The monoisotopic (exact) mass is 158 g/mol. The van der Waals surface area contributed by atoms with E-state index in [1.165, 1.54) is 13.0 Å². The molecule has 1 unspecified atom stereocenters. The number of rotatable bonds is 3. The van der Waals surface area contributed by atoms with E-state index in [-0.39, 0.29) is 0 Å². The third kappa shape index (κ3) is 2.15. The summed E-state index contributed by atoms with van der Waals surface area (Å²) in [6.07, 6.45) is 2.70. The Hall–Kier alpha value is -0.120. The first kappa shape index (κ1) is 8.97. The van der Waals surface area contributed by atoms with Crippen LogP contribution in [0.15, 0.2) is 0 Å². The average Bonchev–Trinajstić information content (AvgIpc) is 2.36. The fourth-order valence-corrected chi connectivity index (χ4v) is 1.61. The molecular weight excluding hydrogens is 140 g/mol. The third-order valence-corrected chi connectivity index (χ3v) is 2.15. The molecule has 0 aromatic heterocycles. The molecule has 1 N–H and O–H groups in total. The molecule has 1 aliphatic rings. The van der Waals surface area contributed by atoms with Crippen molar-refractivity contribution < 1.29 is 4.84 Å². The second kappa shape index (κ2) is 4.04. The maximum atomic E-state index is 5.35. The molecule has 0 aromatic carbocycles. The number of hydrogen-bond acceptors (Lipinski definition) is 3. The van der Waals surface area contributed by atoms with Gasteiger partial charge in [-0.15, -0.1) is 0 Å². The van der Waals surface area contributed by atoms with Crippen LogP contribution in [0.4, 0.5) is 0 Å². The van der Waals surface area contributed by atoms with E-state index in [4.69, 9.17) is 4.84 Å². The van der Waals surface area contributed by atoms with E-state index in [0.29, 0.717) is 12.3 Å². The number of nitrogens with one attached hydrogen (secondary N) is 1. The van der Waals surface area contributed by atoms with Crippen LogP contribution in [0.2, 0.25) is 0 Å². The molecular formula is C8H18N2O. The van der Waals surface area contributed by atoms with Crippen LogP contribution in [0.1, 0.15) is 26.7 Å². The lowest BCUT2D eigenvalue weighted by molar-refractivity contribution is -0.0925. The summed E-state index contributed by atoms with van der Waals surface area (Å²) in [4.78, 5) is 7.72. The molecule has 66 valence electrons. The van der Waals surface area contributed by atoms with Crippen LogP contribution in [0.25, 0.3) is 0 Å². The first-order chi connectivity index (χ1) is 5.25. The minimum Gasteiger partial charge on any atom is -0.283 e. The van der Waals surface area contributed by atoms with Gasteiger partial charge in [-0.05, 0) is 26.7 Å². The molecule has 1 aliphatic heterocycles. The summed E-state index contributed by atoms with van der Waals surface area (Å²) in [6, 6.07) is 0.593. The largest absolute Gasteiger partial charge is 0.283 e. The van der Waals surface area contributed by atoms with Crippen LogP contribution in [0, 0.1) is 0 Å². The van der Waals surface area contributed by atoms with E-state index < -0.39 is 0 Å². The van der Waals surface area contributed by atoms with Crippen molar-refractivity contribution in [3.8, 4) is 0 Å². The molecule has 1 heterocycles. The fraction of sp³-hybridized carbons (Fsp3) is 1.00. The predicted octanol–water partition coefficient (Wildman–Crippen LogP) is 0.968. The van der Waals surface area contributed by atoms with Crippen molar-refractivity contribution in [3.63, 3.8) is 0 Å². The topological polar surface area (TPSA) is 24.5 Å². The molecule has 0 saturated carbocycles. The van der Waals surface area contributed by atoms with Gasteiger partial charge in [0.2, 0.25) is 0 Å². The summed E-state index contributed by atoms with van der Waals surface area (Å²) in [7, 11) is 1.82. The summed E-state index contributed by atoms with van der Waals surface area (Å²) in [5, 5.41) is 0. The zero-order valence-corrected chi connectivity index (χ0v) is 7.63. The molecule has 11 heavy (non-hydrogen) atoms. The highest BCUT2D eigenvalue weighted by Crippen LogP contribution is 2.19. The van der Waals surface area contributed by atoms with Gasteiger partial charge in [-0.2, -0.15) is 0 Å². The lowest BCUT2D eigenvalue weighted by atomic mass is 10.3. The van der Waals surface area contributed by atoms with Crippen LogP contribution in [-0.4, -0.2) is 30.8 Å². The second-order valence-electron chi connectivity index (χ2n) is 3.25. The number of hydrogen-bond donors (Lipinski definition) is 1. The predicted molar refractivity (Wildman–Crippen MR) is 45.0 cm³/mol. The van der Waals surface area contributed by atoms with Gasteiger partial charge in [0.25, 0.3) is 0 Å². The first-order valence-electron chi connectivity index (χ1n) is 4.34. The summed E-state index contributed by atoms with van der Waals surface area (Å²) in [6.45, 7) is 5.58. The molecule has 1 rings (SSSR count). The molecule has 1 atom stereocenters. The Morgan fingerprint density at radius 3 is 2.82 bits per heavy atom. The van der Waals surface area contributed by atoms with Gasteiger partial charge in [0.15, 0.2) is 0 Å². The highest BCUT2D eigenvalue weighted by molar-refractivity contribution is 4.74. The van der Waals surface area contributed by atoms with E-state index >= 15 is 0 Å². The van der Waals surface area contributed by atoms with Gasteiger partial charge < -0.3 is 0 Å². The molecule has 0 aliphatic carbocycles. The molecule has 3 heteroatoms. The number of likely N-dealkylation sites (tertiary alicyclic amines) is 1. The van der Waals surface area contributed by atoms with Crippen molar-refractivity contribution >= 4 is 0 Å². The number of hydroxylamine groups is 1. The Kier molecular flexibility index (Phi) is 3.30. The van der Waals surface area contributed by atoms with E-state index in [2.05, 4.69) is 24.2 Å². The van der Waals surface area contributed by atoms with Crippen LogP contribution < -0.4 is 5.48 Å². The molecule has 0 bridgehead atoms. The molecule has 1 saturated heterocycles. The minimum absolute atomic E-state index is 0.292. The lowest BCUT2D eigenvalue weighted by Crippen LogP contribution is -2.39. The van der Waals surface area contributed by atoms with Crippen molar-refractivity contribution in [2.45, 2.75) is 39.0 Å². The van der Waals surface area contributed by atoms with Crippen LogP contribution in [0.5, 0.6) is 0 Å². The molecule has 0 aromatic rings. The van der Waals surface area contributed by atoms with Crippen LogP contribution in [-0.2, 0) is 4.84 Å². The summed E-state index contributed by atoms with van der Waals surface area (Å²) >= 11 is 0. The Labute approximate surface area is 68.7 Å². The van der Waals surface area contributed by atoms with Crippen molar-refractivity contribution in [3.05, 3.63) is 0 Å². The van der Waals surface area contributed by atoms with Crippen LogP contribution in [0.3, 0.4) is 0 Å². The zero-order valence-electron chi connectivity index (χ0n) is 7.63. The van der Waals surface area contributed by atoms with Gasteiger partial charge in [0, 0.05) is 19.6 Å². The number of nitrogens with zero attached hydrogens (tertiary/aromatic N) is 1. The molecule has 1 fully saturated rings. The zero-order chi connectivity index (χ0) is 8.27. The Morgan fingerprint density at radius 2 is 2.27 bits per heavy atom. The summed E-state index contributed by atoms with van der Waals surface area (Å²) < 4.78 is 0. The fourth-order valence-electron chi connectivity index (χ4n) is 1.61. The van der Waals surface area contributed by atoms with Crippen molar-refractivity contribution in [1.29, 1.82) is 0 Å². The Balaban J connectivity index is 2.37. The van der Waals surface area contributed by atoms with E-state index in [1.807, 2.05) is 7.05 Å². The minimum atomic E-state index is 0.292. The van der Waals surface area contributed by atoms with Crippen molar-refractivity contribution in [2.24, 2.45) is 0 Å². The van der Waals surface area contributed by atoms with E-state index in [0.717, 1.165) is 6.42 Å². The third-order valence-electron chi connectivity index (χ3n) is 2.15. The van der Waals surface area contributed by atoms with Gasteiger partial charge in [-0.1, -0.05) is 0 Å². The highest BCUT2D eigenvalue weighted by Gasteiger charge is 2.26. The van der Waals surface area contributed by atoms with Crippen molar-refractivity contribution in [2.75, 3.05) is 13.6 Å². The molecule has 0 radical (unpaired) electrons. The van der Waals surface area contributed by atoms with E-state index in [1.54, 1.807) is 0 Å². The van der Waals surface area contributed by atoms with Crippen molar-refractivity contribution in [1.82, 2.24) is 10.4 Å². The summed E-state index contributed by atoms with van der Waals surface area (Å²) in [5.41, 5.74) is 2.75. The van der Waals surface area contributed by atoms with Crippen LogP contribution >= 0.6 is 0 Å². The standard InChI is InChI=1S/C8H18N2O/c1-7(2)10-6-4-5-8(10)11-9-3/h7-9H,4-6H2,1-3H3. The molecule has 0 amide bonds. The highest BCUT2D eigenvalue weighted by atomic mass is 16.7.